The van der Waals surface area contributed by atoms with Crippen LogP contribution in [0.2, 0.25) is 0 Å². The molecule has 18 heavy (non-hydrogen) atoms. The lowest BCUT2D eigenvalue weighted by Crippen LogP contribution is -2.18. The van der Waals surface area contributed by atoms with Crippen LogP contribution < -0.4 is 0 Å². The zero-order valence-corrected chi connectivity index (χ0v) is 11.7. The first kappa shape index (κ1) is 13.0. The number of nitro benzene ring substituents is 1. The van der Waals surface area contributed by atoms with Crippen LogP contribution >= 0.6 is 15.9 Å². The fraction of sp³-hybridized carbons (Fsp3) is 0.364. The largest absolute Gasteiger partial charge is 0.308 e. The minimum absolute atomic E-state index is 0.0645. The van der Waals surface area contributed by atoms with Gasteiger partial charge in [-0.15, -0.1) is 0 Å². The van der Waals surface area contributed by atoms with Crippen LogP contribution in [0, 0.1) is 10.1 Å². The van der Waals surface area contributed by atoms with Gasteiger partial charge in [-0.2, -0.15) is 5.10 Å². The van der Waals surface area contributed by atoms with Crippen molar-refractivity contribution < 1.29 is 4.92 Å². The van der Waals surface area contributed by atoms with Gasteiger partial charge in [-0.05, 0) is 36.1 Å². The Hall–Kier alpha value is -1.47. The van der Waals surface area contributed by atoms with Gasteiger partial charge in [0.15, 0.2) is 0 Å². The van der Waals surface area contributed by atoms with Gasteiger partial charge in [0.05, 0.1) is 21.5 Å². The molecule has 0 radical (unpaired) electrons. The summed E-state index contributed by atoms with van der Waals surface area (Å²) in [6, 6.07) is 3.22. The molecule has 0 aliphatic rings. The van der Waals surface area contributed by atoms with Crippen molar-refractivity contribution in [3.8, 4) is 0 Å². The van der Waals surface area contributed by atoms with E-state index in [4.69, 9.17) is 0 Å². The average molecular weight is 313 g/mol. The number of rotatable bonds is 4. The summed E-state index contributed by atoms with van der Waals surface area (Å²) in [5, 5.41) is 16.0. The summed E-state index contributed by atoms with van der Waals surface area (Å²) in [4.78, 5) is 12.5. The number of hydrogen-bond acceptors (Lipinski definition) is 4. The molecule has 1 aromatic heterocycles. The Morgan fingerprint density at radius 1 is 1.50 bits per heavy atom. The van der Waals surface area contributed by atoms with Crippen LogP contribution in [0.25, 0.3) is 10.9 Å². The molecule has 0 saturated carbocycles. The highest BCUT2D eigenvalue weighted by Crippen LogP contribution is 2.29. The van der Waals surface area contributed by atoms with Gasteiger partial charge in [0, 0.05) is 24.2 Å². The highest BCUT2D eigenvalue weighted by atomic mass is 79.9. The molecular weight excluding hydrogens is 300 g/mol. The highest BCUT2D eigenvalue weighted by molar-refractivity contribution is 9.10. The van der Waals surface area contributed by atoms with E-state index >= 15 is 0 Å². The van der Waals surface area contributed by atoms with E-state index in [9.17, 15) is 10.1 Å². The third kappa shape index (κ3) is 2.68. The third-order valence-electron chi connectivity index (χ3n) is 2.59. The average Bonchev–Trinajstić information content (AvgIpc) is 2.66. The molecule has 0 saturated heterocycles. The van der Waals surface area contributed by atoms with Gasteiger partial charge >= 0.3 is 0 Å². The zero-order chi connectivity index (χ0) is 13.3. The summed E-state index contributed by atoms with van der Waals surface area (Å²) in [5.74, 6) is 0. The maximum Gasteiger partial charge on any atom is 0.284 e. The Kier molecular flexibility index (Phi) is 3.63. The quantitative estimate of drug-likeness (QED) is 0.641. The number of fused-ring (bicyclic) bond motifs is 1. The van der Waals surface area contributed by atoms with Crippen molar-refractivity contribution in [3.05, 3.63) is 32.9 Å². The van der Waals surface area contributed by atoms with Crippen LogP contribution in [-0.4, -0.2) is 40.2 Å². The molecule has 6 nitrogen and oxygen atoms in total. The molecule has 2 aromatic rings. The van der Waals surface area contributed by atoms with E-state index in [0.717, 1.165) is 24.0 Å². The van der Waals surface area contributed by atoms with Crippen molar-refractivity contribution in [1.82, 2.24) is 14.7 Å². The predicted octanol–water partition coefficient (Wildman–Crippen LogP) is 2.27. The van der Waals surface area contributed by atoms with Gasteiger partial charge in [-0.25, -0.2) is 0 Å². The molecule has 0 aliphatic carbocycles. The second kappa shape index (κ2) is 5.03. The second-order valence-electron chi connectivity index (χ2n) is 4.31. The van der Waals surface area contributed by atoms with Crippen molar-refractivity contribution >= 4 is 32.5 Å². The summed E-state index contributed by atoms with van der Waals surface area (Å²) in [7, 11) is 3.98. The number of benzene rings is 1. The van der Waals surface area contributed by atoms with Crippen molar-refractivity contribution in [2.24, 2.45) is 0 Å². The van der Waals surface area contributed by atoms with Crippen molar-refractivity contribution in [1.29, 1.82) is 0 Å². The van der Waals surface area contributed by atoms with E-state index < -0.39 is 4.92 Å². The number of halogens is 1. The molecule has 96 valence electrons. The van der Waals surface area contributed by atoms with Crippen molar-refractivity contribution in [2.75, 3.05) is 20.6 Å². The number of nitrogens with zero attached hydrogens (tertiary/aromatic N) is 4. The normalized spacial score (nSPS) is 11.3. The van der Waals surface area contributed by atoms with Gasteiger partial charge in [-0.3, -0.25) is 14.8 Å². The summed E-state index contributed by atoms with van der Waals surface area (Å²) in [5.41, 5.74) is 0.820. The molecule has 0 fully saturated rings. The van der Waals surface area contributed by atoms with E-state index in [0.29, 0.717) is 4.47 Å². The lowest BCUT2D eigenvalue weighted by atomic mass is 10.2. The molecule has 1 heterocycles. The van der Waals surface area contributed by atoms with Gasteiger partial charge in [0.2, 0.25) is 0 Å². The molecular formula is C11H13BrN4O2. The van der Waals surface area contributed by atoms with Gasteiger partial charge in [-0.1, -0.05) is 0 Å². The van der Waals surface area contributed by atoms with E-state index in [1.807, 2.05) is 20.3 Å². The molecule has 2 rings (SSSR count). The van der Waals surface area contributed by atoms with Crippen molar-refractivity contribution in [2.45, 2.75) is 6.54 Å². The molecule has 0 bridgehead atoms. The highest BCUT2D eigenvalue weighted by Gasteiger charge is 2.14. The van der Waals surface area contributed by atoms with E-state index in [1.165, 1.54) is 0 Å². The van der Waals surface area contributed by atoms with Crippen LogP contribution in [0.3, 0.4) is 0 Å². The smallest absolute Gasteiger partial charge is 0.284 e. The summed E-state index contributed by atoms with van der Waals surface area (Å²) < 4.78 is 2.26. The van der Waals surface area contributed by atoms with Gasteiger partial charge < -0.3 is 4.90 Å². The second-order valence-corrected chi connectivity index (χ2v) is 5.17. The lowest BCUT2D eigenvalue weighted by Gasteiger charge is -2.08. The maximum atomic E-state index is 10.8. The number of aromatic nitrogens is 2. The van der Waals surface area contributed by atoms with Crippen molar-refractivity contribution in [3.63, 3.8) is 0 Å². The standard InChI is InChI=1S/C11H13BrN4O2/c1-14(2)3-4-15-7-8-5-11(16(17)18)9(12)6-10(8)13-15/h5-7H,3-4H2,1-2H3. The Morgan fingerprint density at radius 2 is 2.22 bits per heavy atom. The Labute approximate surface area is 112 Å². The van der Waals surface area contributed by atoms with E-state index in [2.05, 4.69) is 25.9 Å². The van der Waals surface area contributed by atoms with Crippen LogP contribution in [0.4, 0.5) is 5.69 Å². The first-order valence-corrected chi connectivity index (χ1v) is 6.22. The molecule has 7 heteroatoms. The lowest BCUT2D eigenvalue weighted by molar-refractivity contribution is -0.385. The molecule has 0 unspecified atom stereocenters. The number of hydrogen-bond donors (Lipinski definition) is 0. The molecule has 0 aliphatic heterocycles. The maximum absolute atomic E-state index is 10.8. The molecule has 0 spiro atoms. The molecule has 1 aromatic carbocycles. The molecule has 0 atom stereocenters. The summed E-state index contributed by atoms with van der Waals surface area (Å²) in [6.07, 6.45) is 1.83. The van der Waals surface area contributed by atoms with Gasteiger partial charge in [0.1, 0.15) is 0 Å². The van der Waals surface area contributed by atoms with Crippen LogP contribution in [0.5, 0.6) is 0 Å². The number of likely N-dealkylation sites (N-methyl/N-ethyl adjacent to an activating group) is 1. The summed E-state index contributed by atoms with van der Waals surface area (Å²) in [6.45, 7) is 1.63. The van der Waals surface area contributed by atoms with E-state index in [-0.39, 0.29) is 5.69 Å². The molecule has 0 amide bonds. The van der Waals surface area contributed by atoms with E-state index in [1.54, 1.807) is 16.8 Å². The first-order valence-electron chi connectivity index (χ1n) is 5.43. The number of nitro groups is 1. The van der Waals surface area contributed by atoms with Crippen LogP contribution in [-0.2, 0) is 6.54 Å². The van der Waals surface area contributed by atoms with Gasteiger partial charge in [0.25, 0.3) is 5.69 Å². The first-order chi connectivity index (χ1) is 8.47. The third-order valence-corrected chi connectivity index (χ3v) is 3.23. The SMILES string of the molecule is CN(C)CCn1cc2cc([N+](=O)[O-])c(Br)cc2n1. The molecule has 0 N–H and O–H groups in total. The minimum atomic E-state index is -0.402. The zero-order valence-electron chi connectivity index (χ0n) is 10.1. The Morgan fingerprint density at radius 3 is 2.83 bits per heavy atom. The minimum Gasteiger partial charge on any atom is -0.308 e. The predicted molar refractivity (Wildman–Crippen MR) is 72.6 cm³/mol. The fourth-order valence-corrected chi connectivity index (χ4v) is 2.12. The van der Waals surface area contributed by atoms with Crippen LogP contribution in [0.1, 0.15) is 0 Å². The fourth-order valence-electron chi connectivity index (χ4n) is 1.64. The monoisotopic (exact) mass is 312 g/mol. The Balaban J connectivity index is 2.36. The van der Waals surface area contributed by atoms with Crippen LogP contribution in [0.15, 0.2) is 22.8 Å². The Bertz CT molecular complexity index is 594. The topological polar surface area (TPSA) is 64.2 Å². The summed E-state index contributed by atoms with van der Waals surface area (Å²) >= 11 is 3.19.